The van der Waals surface area contributed by atoms with Gasteiger partial charge >= 0.3 is 7.60 Å². The summed E-state index contributed by atoms with van der Waals surface area (Å²) in [7, 11) is -2.84. The highest BCUT2D eigenvalue weighted by Gasteiger charge is 2.20. The molecule has 0 aromatic heterocycles. The van der Waals surface area contributed by atoms with Gasteiger partial charge in [0.1, 0.15) is 0 Å². The van der Waals surface area contributed by atoms with Crippen LogP contribution in [0.1, 0.15) is 27.2 Å². The summed E-state index contributed by atoms with van der Waals surface area (Å²) < 4.78 is 22.0. The largest absolute Gasteiger partial charge is 0.334 e. The summed E-state index contributed by atoms with van der Waals surface area (Å²) in [5.41, 5.74) is 0. The molecule has 0 heterocycles. The molecule has 0 spiro atoms. The molecule has 0 aliphatic rings. The summed E-state index contributed by atoms with van der Waals surface area (Å²) in [6.07, 6.45) is 5.14. The Kier molecular flexibility index (Phi) is 7.25. The van der Waals surface area contributed by atoms with Gasteiger partial charge in [-0.05, 0) is 20.3 Å². The lowest BCUT2D eigenvalue weighted by Gasteiger charge is -2.14. The summed E-state index contributed by atoms with van der Waals surface area (Å²) in [6.45, 7) is 6.52. The third-order valence-corrected chi connectivity index (χ3v) is 3.34. The van der Waals surface area contributed by atoms with E-state index in [2.05, 4.69) is 0 Å². The van der Waals surface area contributed by atoms with Crippen LogP contribution in [-0.2, 0) is 13.6 Å². The average Bonchev–Trinajstić information content (AvgIpc) is 2.05. The molecule has 0 atom stereocenters. The van der Waals surface area contributed by atoms with Crippen molar-refractivity contribution in [2.45, 2.75) is 27.2 Å². The molecular weight excluding hydrogens is 187 g/mol. The van der Waals surface area contributed by atoms with E-state index in [-0.39, 0.29) is 0 Å². The Morgan fingerprint density at radius 2 is 1.62 bits per heavy atom. The molecule has 0 saturated heterocycles. The summed E-state index contributed by atoms with van der Waals surface area (Å²) in [4.78, 5) is 0. The van der Waals surface area contributed by atoms with Crippen LogP contribution in [0, 0.1) is 0 Å². The van der Waals surface area contributed by atoms with E-state index >= 15 is 0 Å². The number of hydrogen-bond donors (Lipinski definition) is 0. The van der Waals surface area contributed by atoms with Gasteiger partial charge in [-0.2, -0.15) is 0 Å². The van der Waals surface area contributed by atoms with Crippen molar-refractivity contribution in [3.8, 4) is 0 Å². The quantitative estimate of drug-likeness (QED) is 0.474. The van der Waals surface area contributed by atoms with Crippen molar-refractivity contribution in [2.24, 2.45) is 0 Å². The minimum absolute atomic E-state index is 0.377. The molecule has 0 unspecified atom stereocenters. The van der Waals surface area contributed by atoms with E-state index in [1.165, 1.54) is 0 Å². The van der Waals surface area contributed by atoms with Gasteiger partial charge in [0.05, 0.1) is 19.4 Å². The zero-order valence-electron chi connectivity index (χ0n) is 8.66. The molecule has 0 aliphatic heterocycles. The Hall–Kier alpha value is -0.110. The minimum atomic E-state index is -2.84. The molecule has 0 aromatic carbocycles. The van der Waals surface area contributed by atoms with Crippen LogP contribution in [-0.4, -0.2) is 19.4 Å². The fraction of sp³-hybridized carbons (Fsp3) is 0.778. The molecule has 0 radical (unpaired) electrons. The smallest absolute Gasteiger partial charge is 0.309 e. The van der Waals surface area contributed by atoms with Gasteiger partial charge in [0.25, 0.3) is 0 Å². The lowest BCUT2D eigenvalue weighted by Crippen LogP contribution is -1.98. The molecule has 3 nitrogen and oxygen atoms in total. The molecule has 0 aromatic rings. The van der Waals surface area contributed by atoms with Crippen molar-refractivity contribution >= 4 is 7.60 Å². The first-order chi connectivity index (χ1) is 6.18. The van der Waals surface area contributed by atoms with Crippen molar-refractivity contribution < 1.29 is 13.6 Å². The Bertz CT molecular complexity index is 179. The summed E-state index contributed by atoms with van der Waals surface area (Å²) in [5, 5.41) is 0. The SMILES string of the molecule is CC/C=C/CP(=O)(OCC)OCC. The zero-order chi connectivity index (χ0) is 10.2. The van der Waals surface area contributed by atoms with Crippen LogP contribution < -0.4 is 0 Å². The van der Waals surface area contributed by atoms with Gasteiger partial charge < -0.3 is 9.05 Å². The molecule has 0 rings (SSSR count). The van der Waals surface area contributed by atoms with Gasteiger partial charge in [0.2, 0.25) is 0 Å². The third kappa shape index (κ3) is 6.03. The van der Waals surface area contributed by atoms with Gasteiger partial charge in [-0.25, -0.2) is 0 Å². The molecule has 0 fully saturated rings. The van der Waals surface area contributed by atoms with E-state index in [1.54, 1.807) is 0 Å². The second kappa shape index (κ2) is 7.31. The van der Waals surface area contributed by atoms with E-state index < -0.39 is 7.60 Å². The van der Waals surface area contributed by atoms with E-state index in [0.29, 0.717) is 19.4 Å². The standard InChI is InChI=1S/C9H19O3P/c1-4-7-8-9-13(10,11-5-2)12-6-3/h7-8H,4-6,9H2,1-3H3/b8-7+. The maximum absolute atomic E-state index is 11.8. The van der Waals surface area contributed by atoms with Gasteiger partial charge in [-0.15, -0.1) is 0 Å². The van der Waals surface area contributed by atoms with Crippen LogP contribution in [0.3, 0.4) is 0 Å². The van der Waals surface area contributed by atoms with Gasteiger partial charge in [0, 0.05) is 0 Å². The lowest BCUT2D eigenvalue weighted by atomic mass is 10.4. The normalized spacial score (nSPS) is 12.5. The summed E-state index contributed by atoms with van der Waals surface area (Å²) >= 11 is 0. The summed E-state index contributed by atoms with van der Waals surface area (Å²) in [5.74, 6) is 0. The monoisotopic (exact) mass is 206 g/mol. The Morgan fingerprint density at radius 1 is 1.08 bits per heavy atom. The van der Waals surface area contributed by atoms with Crippen molar-refractivity contribution in [2.75, 3.05) is 19.4 Å². The maximum Gasteiger partial charge on any atom is 0.334 e. The highest BCUT2D eigenvalue weighted by Crippen LogP contribution is 2.47. The molecule has 0 saturated carbocycles. The zero-order valence-corrected chi connectivity index (χ0v) is 9.55. The maximum atomic E-state index is 11.8. The van der Waals surface area contributed by atoms with Gasteiger partial charge in [-0.1, -0.05) is 19.1 Å². The van der Waals surface area contributed by atoms with Crippen molar-refractivity contribution in [3.05, 3.63) is 12.2 Å². The van der Waals surface area contributed by atoms with E-state index in [0.717, 1.165) is 6.42 Å². The topological polar surface area (TPSA) is 35.5 Å². The fourth-order valence-corrected chi connectivity index (χ4v) is 2.39. The van der Waals surface area contributed by atoms with Crippen LogP contribution in [0.25, 0.3) is 0 Å². The second-order valence-corrected chi connectivity index (χ2v) is 4.61. The van der Waals surface area contributed by atoms with E-state index in [9.17, 15) is 4.57 Å². The van der Waals surface area contributed by atoms with Crippen LogP contribution >= 0.6 is 7.60 Å². The van der Waals surface area contributed by atoms with Crippen LogP contribution in [0.5, 0.6) is 0 Å². The fourth-order valence-electron chi connectivity index (χ4n) is 0.906. The van der Waals surface area contributed by atoms with Crippen molar-refractivity contribution in [3.63, 3.8) is 0 Å². The number of hydrogen-bond acceptors (Lipinski definition) is 3. The molecule has 0 amide bonds. The molecule has 0 aliphatic carbocycles. The molecule has 0 bridgehead atoms. The molecule has 78 valence electrons. The predicted molar refractivity (Wildman–Crippen MR) is 55.2 cm³/mol. The van der Waals surface area contributed by atoms with Crippen LogP contribution in [0.2, 0.25) is 0 Å². The van der Waals surface area contributed by atoms with Gasteiger partial charge in [0.15, 0.2) is 0 Å². The predicted octanol–water partition coefficient (Wildman–Crippen LogP) is 3.22. The lowest BCUT2D eigenvalue weighted by molar-refractivity contribution is 0.222. The second-order valence-electron chi connectivity index (χ2n) is 2.51. The van der Waals surface area contributed by atoms with Gasteiger partial charge in [-0.3, -0.25) is 4.57 Å². The van der Waals surface area contributed by atoms with Crippen molar-refractivity contribution in [1.29, 1.82) is 0 Å². The first-order valence-electron chi connectivity index (χ1n) is 4.71. The third-order valence-electron chi connectivity index (χ3n) is 1.38. The van der Waals surface area contributed by atoms with Crippen LogP contribution in [0.4, 0.5) is 0 Å². The van der Waals surface area contributed by atoms with E-state index in [1.807, 2.05) is 32.9 Å². The Labute approximate surface area is 80.7 Å². The highest BCUT2D eigenvalue weighted by atomic mass is 31.2. The number of rotatable bonds is 7. The molecular formula is C9H19O3P. The molecule has 13 heavy (non-hydrogen) atoms. The highest BCUT2D eigenvalue weighted by molar-refractivity contribution is 7.54. The van der Waals surface area contributed by atoms with E-state index in [4.69, 9.17) is 9.05 Å². The Morgan fingerprint density at radius 3 is 2.00 bits per heavy atom. The average molecular weight is 206 g/mol. The molecule has 0 N–H and O–H groups in total. The first kappa shape index (κ1) is 12.9. The Balaban J connectivity index is 4.07. The van der Waals surface area contributed by atoms with Crippen molar-refractivity contribution in [1.82, 2.24) is 0 Å². The minimum Gasteiger partial charge on any atom is -0.309 e. The first-order valence-corrected chi connectivity index (χ1v) is 6.44. The number of allylic oxidation sites excluding steroid dienone is 2. The molecule has 4 heteroatoms. The van der Waals surface area contributed by atoms with Crippen LogP contribution in [0.15, 0.2) is 12.2 Å². The summed E-state index contributed by atoms with van der Waals surface area (Å²) in [6, 6.07) is 0.